The summed E-state index contributed by atoms with van der Waals surface area (Å²) in [6, 6.07) is 7.96. The molecule has 0 saturated heterocycles. The Hall–Kier alpha value is -2.63. The maximum absolute atomic E-state index is 13.0. The molecule has 2 aliphatic rings. The third kappa shape index (κ3) is 2.38. The third-order valence-electron chi connectivity index (χ3n) is 5.00. The number of para-hydroxylation sites is 2. The molecule has 0 atom stereocenters. The Morgan fingerprint density at radius 2 is 1.96 bits per heavy atom. The van der Waals surface area contributed by atoms with Gasteiger partial charge in [0.2, 0.25) is 5.91 Å². The third-order valence-corrected chi connectivity index (χ3v) is 5.00. The lowest BCUT2D eigenvalue weighted by Gasteiger charge is -2.25. The molecule has 0 bridgehead atoms. The zero-order valence-electron chi connectivity index (χ0n) is 13.7. The number of rotatable bonds is 2. The average molecular weight is 324 g/mol. The topological polar surface area (TPSA) is 58.4 Å². The summed E-state index contributed by atoms with van der Waals surface area (Å²) in [5.74, 6) is -0.0842. The molecule has 1 fully saturated rings. The zero-order chi connectivity index (χ0) is 16.7. The van der Waals surface area contributed by atoms with Gasteiger partial charge in [0.05, 0.1) is 29.2 Å². The van der Waals surface area contributed by atoms with E-state index in [4.69, 9.17) is 0 Å². The monoisotopic (exact) mass is 324 g/mol. The van der Waals surface area contributed by atoms with Crippen molar-refractivity contribution in [2.45, 2.75) is 31.7 Å². The molecule has 2 aromatic rings. The van der Waals surface area contributed by atoms with E-state index in [1.54, 1.807) is 23.0 Å². The number of carbonyl (C=O) groups is 2. The van der Waals surface area contributed by atoms with Gasteiger partial charge in [-0.25, -0.2) is 0 Å². The second kappa shape index (κ2) is 5.78. The first-order valence-electron chi connectivity index (χ1n) is 8.37. The van der Waals surface area contributed by atoms with Crippen LogP contribution in [0.25, 0.3) is 0 Å². The maximum atomic E-state index is 13.0. The summed E-state index contributed by atoms with van der Waals surface area (Å²) in [7, 11) is 1.75. The highest BCUT2D eigenvalue weighted by atomic mass is 16.2. The second-order valence-electron chi connectivity index (χ2n) is 6.44. The molecule has 2 heterocycles. The molecule has 0 N–H and O–H groups in total. The molecule has 4 rings (SSSR count). The van der Waals surface area contributed by atoms with E-state index in [0.29, 0.717) is 24.6 Å². The van der Waals surface area contributed by atoms with Gasteiger partial charge in [0.15, 0.2) is 0 Å². The Morgan fingerprint density at radius 1 is 1.21 bits per heavy atom. The Balaban J connectivity index is 1.67. The van der Waals surface area contributed by atoms with Crippen molar-refractivity contribution >= 4 is 23.2 Å². The van der Waals surface area contributed by atoms with Gasteiger partial charge in [0, 0.05) is 26.2 Å². The molecule has 0 unspecified atom stereocenters. The molecular formula is C18H20N4O2. The fraction of sp³-hybridized carbons (Fsp3) is 0.389. The largest absolute Gasteiger partial charge is 0.313 e. The van der Waals surface area contributed by atoms with Crippen LogP contribution >= 0.6 is 0 Å². The Morgan fingerprint density at radius 3 is 2.67 bits per heavy atom. The molecule has 24 heavy (non-hydrogen) atoms. The molecule has 124 valence electrons. The highest BCUT2D eigenvalue weighted by Gasteiger charge is 2.29. The number of anilines is 2. The normalized spacial score (nSPS) is 18.1. The fourth-order valence-corrected chi connectivity index (χ4v) is 3.27. The van der Waals surface area contributed by atoms with Gasteiger partial charge in [-0.05, 0) is 31.4 Å². The minimum atomic E-state index is -0.101. The van der Waals surface area contributed by atoms with Gasteiger partial charge in [-0.2, -0.15) is 5.10 Å². The SMILES string of the molecule is CN1C(=O)CCN(C(=O)c2cnn(C3CCC3)c2)c2ccccc21. The number of carbonyl (C=O) groups excluding carboxylic acids is 2. The van der Waals surface area contributed by atoms with E-state index in [-0.39, 0.29) is 11.8 Å². The van der Waals surface area contributed by atoms with Crippen LogP contribution in [0.15, 0.2) is 36.7 Å². The molecule has 6 nitrogen and oxygen atoms in total. The molecule has 1 aromatic heterocycles. The summed E-state index contributed by atoms with van der Waals surface area (Å²) in [6.07, 6.45) is 7.27. The summed E-state index contributed by atoms with van der Waals surface area (Å²) in [5.41, 5.74) is 2.11. The summed E-state index contributed by atoms with van der Waals surface area (Å²) < 4.78 is 1.90. The van der Waals surface area contributed by atoms with Crippen molar-refractivity contribution < 1.29 is 9.59 Å². The van der Waals surface area contributed by atoms with Crippen molar-refractivity contribution in [2.24, 2.45) is 0 Å². The van der Waals surface area contributed by atoms with Gasteiger partial charge in [0.25, 0.3) is 5.91 Å². The smallest absolute Gasteiger partial charge is 0.261 e. The first kappa shape index (κ1) is 14.9. The summed E-state index contributed by atoms with van der Waals surface area (Å²) in [4.78, 5) is 28.5. The fourth-order valence-electron chi connectivity index (χ4n) is 3.27. The Labute approximate surface area is 140 Å². The Kier molecular flexibility index (Phi) is 3.59. The van der Waals surface area contributed by atoms with Crippen LogP contribution in [0.5, 0.6) is 0 Å². The molecule has 6 heteroatoms. The predicted molar refractivity (Wildman–Crippen MR) is 91.3 cm³/mol. The van der Waals surface area contributed by atoms with Gasteiger partial charge >= 0.3 is 0 Å². The van der Waals surface area contributed by atoms with Gasteiger partial charge < -0.3 is 9.80 Å². The van der Waals surface area contributed by atoms with Crippen molar-refractivity contribution in [1.82, 2.24) is 9.78 Å². The van der Waals surface area contributed by atoms with Crippen molar-refractivity contribution in [3.05, 3.63) is 42.2 Å². The van der Waals surface area contributed by atoms with E-state index in [1.807, 2.05) is 35.1 Å². The van der Waals surface area contributed by atoms with Crippen LogP contribution in [0.4, 0.5) is 11.4 Å². The van der Waals surface area contributed by atoms with Crippen LogP contribution in [0.2, 0.25) is 0 Å². The number of benzene rings is 1. The molecule has 1 aromatic carbocycles. The van der Waals surface area contributed by atoms with Crippen molar-refractivity contribution in [3.8, 4) is 0 Å². The number of hydrogen-bond acceptors (Lipinski definition) is 3. The Bertz CT molecular complexity index is 794. The van der Waals surface area contributed by atoms with Gasteiger partial charge in [-0.3, -0.25) is 14.3 Å². The van der Waals surface area contributed by atoms with E-state index < -0.39 is 0 Å². The summed E-state index contributed by atoms with van der Waals surface area (Å²) in [6.45, 7) is 0.383. The van der Waals surface area contributed by atoms with Gasteiger partial charge in [-0.15, -0.1) is 0 Å². The van der Waals surface area contributed by atoms with E-state index in [0.717, 1.165) is 24.2 Å². The van der Waals surface area contributed by atoms with E-state index in [1.165, 1.54) is 6.42 Å². The van der Waals surface area contributed by atoms with Crippen LogP contribution in [-0.2, 0) is 4.79 Å². The number of aromatic nitrogens is 2. The van der Waals surface area contributed by atoms with Crippen LogP contribution in [-0.4, -0.2) is 35.2 Å². The second-order valence-corrected chi connectivity index (χ2v) is 6.44. The van der Waals surface area contributed by atoms with Crippen molar-refractivity contribution in [1.29, 1.82) is 0 Å². The molecule has 0 radical (unpaired) electrons. The summed E-state index contributed by atoms with van der Waals surface area (Å²) in [5, 5.41) is 4.36. The molecule has 2 amide bonds. The van der Waals surface area contributed by atoms with E-state index >= 15 is 0 Å². The molecule has 0 spiro atoms. The summed E-state index contributed by atoms with van der Waals surface area (Å²) >= 11 is 0. The van der Waals surface area contributed by atoms with Crippen LogP contribution in [0, 0.1) is 0 Å². The number of hydrogen-bond donors (Lipinski definition) is 0. The molecule has 1 saturated carbocycles. The average Bonchev–Trinajstić information content (AvgIpc) is 2.97. The standard InChI is InChI=1S/C18H20N4O2/c1-20-15-7-2-3-8-16(15)21(10-9-17(20)23)18(24)13-11-19-22(12-13)14-5-4-6-14/h2-3,7-8,11-12,14H,4-6,9-10H2,1H3. The minimum Gasteiger partial charge on any atom is -0.313 e. The quantitative estimate of drug-likeness (QED) is 0.853. The molecular weight excluding hydrogens is 304 g/mol. The number of nitrogens with zero attached hydrogens (tertiary/aromatic N) is 4. The first-order valence-corrected chi connectivity index (χ1v) is 8.37. The van der Waals surface area contributed by atoms with Crippen LogP contribution in [0.1, 0.15) is 42.1 Å². The minimum absolute atomic E-state index is 0.0166. The molecule has 1 aliphatic carbocycles. The van der Waals surface area contributed by atoms with E-state index in [9.17, 15) is 9.59 Å². The highest BCUT2D eigenvalue weighted by molar-refractivity contribution is 6.10. The van der Waals surface area contributed by atoms with Crippen molar-refractivity contribution in [2.75, 3.05) is 23.4 Å². The van der Waals surface area contributed by atoms with Crippen molar-refractivity contribution in [3.63, 3.8) is 0 Å². The maximum Gasteiger partial charge on any atom is 0.261 e. The first-order chi connectivity index (χ1) is 11.6. The lowest BCUT2D eigenvalue weighted by atomic mass is 9.93. The number of amides is 2. The van der Waals surface area contributed by atoms with Crippen LogP contribution < -0.4 is 9.80 Å². The van der Waals surface area contributed by atoms with Crippen LogP contribution in [0.3, 0.4) is 0 Å². The number of fused-ring (bicyclic) bond motifs is 1. The van der Waals surface area contributed by atoms with E-state index in [2.05, 4.69) is 5.10 Å². The highest BCUT2D eigenvalue weighted by Crippen LogP contribution is 2.34. The lowest BCUT2D eigenvalue weighted by molar-refractivity contribution is -0.118. The predicted octanol–water partition coefficient (Wildman–Crippen LogP) is 2.62. The zero-order valence-corrected chi connectivity index (χ0v) is 13.7. The van der Waals surface area contributed by atoms with Gasteiger partial charge in [-0.1, -0.05) is 12.1 Å². The molecule has 1 aliphatic heterocycles. The van der Waals surface area contributed by atoms with Gasteiger partial charge in [0.1, 0.15) is 0 Å². The lowest BCUT2D eigenvalue weighted by Crippen LogP contribution is -2.31.